The van der Waals surface area contributed by atoms with Gasteiger partial charge in [-0.15, -0.1) is 0 Å². The molecule has 8 heteroatoms. The monoisotopic (exact) mass is 478 g/mol. The summed E-state index contributed by atoms with van der Waals surface area (Å²) in [5.41, 5.74) is 4.67. The van der Waals surface area contributed by atoms with Crippen LogP contribution >= 0.6 is 0 Å². The lowest BCUT2D eigenvalue weighted by Crippen LogP contribution is -2.50. The number of fused-ring (bicyclic) bond motifs is 4. The van der Waals surface area contributed by atoms with Crippen LogP contribution in [0.3, 0.4) is 0 Å². The Labute approximate surface area is 203 Å². The molecular weight excluding hydrogens is 448 g/mol. The van der Waals surface area contributed by atoms with Gasteiger partial charge in [-0.25, -0.2) is 9.59 Å². The van der Waals surface area contributed by atoms with Crippen molar-refractivity contribution >= 4 is 18.0 Å². The molecule has 5 rings (SSSR count). The molecule has 6 atom stereocenters. The second kappa shape index (κ2) is 9.34. The van der Waals surface area contributed by atoms with Crippen LogP contribution in [0.1, 0.15) is 43.2 Å². The van der Waals surface area contributed by atoms with Gasteiger partial charge in [0.25, 0.3) is 0 Å². The number of aliphatic hydroxyl groups excluding tert-OH is 1. The van der Waals surface area contributed by atoms with Crippen molar-refractivity contribution < 1.29 is 29.3 Å². The quantitative estimate of drug-likeness (QED) is 0.485. The summed E-state index contributed by atoms with van der Waals surface area (Å²) in [4.78, 5) is 36.4. The maximum Gasteiger partial charge on any atom is 0.407 e. The number of carboxylic acids is 1. The topological polar surface area (TPSA) is 125 Å². The summed E-state index contributed by atoms with van der Waals surface area (Å²) < 4.78 is 5.65. The molecule has 0 aromatic heterocycles. The molecule has 8 nitrogen and oxygen atoms in total. The van der Waals surface area contributed by atoms with Crippen molar-refractivity contribution in [3.63, 3.8) is 0 Å². The van der Waals surface area contributed by atoms with E-state index in [-0.39, 0.29) is 36.3 Å². The number of rotatable bonds is 7. The molecule has 4 N–H and O–H groups in total. The van der Waals surface area contributed by atoms with Crippen molar-refractivity contribution in [1.82, 2.24) is 10.6 Å². The molecule has 2 saturated carbocycles. The number of ether oxygens (including phenoxy) is 1. The SMILES string of the molecule is C[C@@H](O)[C@H](NC(=O)C1C[C@H]2C[C@@H](NC(=O)OCC3c4ccccc4-c4ccccc43)[C@H]2C1)C(=O)O. The minimum absolute atomic E-state index is 0.00190. The standard InChI is InChI=1S/C27H30N2O6/c1-14(30)24(26(32)33)29-25(31)16-10-15-12-23(21(15)11-16)28-27(34)35-13-22-19-8-4-2-6-17(19)18-7-3-5-9-20(18)22/h2-9,14-16,21-24,30H,10-13H2,1H3,(H,28,34)(H,29,31)(H,32,33)/t14-,15+,16?,21+,23-,24+/m1/s1. The second-order valence-electron chi connectivity index (χ2n) is 9.97. The molecule has 3 aliphatic carbocycles. The molecule has 0 radical (unpaired) electrons. The predicted octanol–water partition coefficient (Wildman–Crippen LogP) is 2.89. The summed E-state index contributed by atoms with van der Waals surface area (Å²) in [6, 6.07) is 15.0. The van der Waals surface area contributed by atoms with Crippen LogP contribution in [0.5, 0.6) is 0 Å². The van der Waals surface area contributed by atoms with E-state index >= 15 is 0 Å². The van der Waals surface area contributed by atoms with Crippen LogP contribution in [-0.2, 0) is 14.3 Å². The van der Waals surface area contributed by atoms with Gasteiger partial charge >= 0.3 is 12.1 Å². The number of hydrogen-bond donors (Lipinski definition) is 4. The van der Waals surface area contributed by atoms with E-state index < -0.39 is 24.2 Å². The van der Waals surface area contributed by atoms with Crippen LogP contribution in [-0.4, -0.2) is 53.0 Å². The third-order valence-electron chi connectivity index (χ3n) is 7.89. The van der Waals surface area contributed by atoms with Crippen molar-refractivity contribution in [2.75, 3.05) is 6.61 Å². The summed E-state index contributed by atoms with van der Waals surface area (Å²) in [7, 11) is 0. The van der Waals surface area contributed by atoms with E-state index in [1.54, 1.807) is 0 Å². The Kier molecular flexibility index (Phi) is 6.23. The van der Waals surface area contributed by atoms with Crippen LogP contribution in [0, 0.1) is 17.8 Å². The van der Waals surface area contributed by atoms with E-state index in [9.17, 15) is 24.6 Å². The first kappa shape index (κ1) is 23.4. The molecule has 35 heavy (non-hydrogen) atoms. The first-order valence-electron chi connectivity index (χ1n) is 12.2. The Bertz CT molecular complexity index is 1100. The lowest BCUT2D eigenvalue weighted by Gasteiger charge is -2.40. The van der Waals surface area contributed by atoms with Gasteiger partial charge in [0.2, 0.25) is 5.91 Å². The van der Waals surface area contributed by atoms with E-state index in [2.05, 4.69) is 34.9 Å². The highest BCUT2D eigenvalue weighted by atomic mass is 16.5. The number of carbonyl (C=O) groups excluding carboxylic acids is 2. The third-order valence-corrected chi connectivity index (χ3v) is 7.89. The number of carboxylic acid groups (broad SMARTS) is 1. The zero-order chi connectivity index (χ0) is 24.7. The number of nitrogens with one attached hydrogen (secondary N) is 2. The Morgan fingerprint density at radius 3 is 2.23 bits per heavy atom. The molecule has 0 aliphatic heterocycles. The zero-order valence-electron chi connectivity index (χ0n) is 19.5. The van der Waals surface area contributed by atoms with Gasteiger partial charge in [0.05, 0.1) is 6.10 Å². The highest BCUT2D eigenvalue weighted by molar-refractivity contribution is 5.85. The van der Waals surface area contributed by atoms with Crippen molar-refractivity contribution in [2.45, 2.75) is 50.3 Å². The van der Waals surface area contributed by atoms with Gasteiger partial charge in [-0.1, -0.05) is 48.5 Å². The molecule has 3 aliphatic rings. The highest BCUT2D eigenvalue weighted by Gasteiger charge is 2.50. The van der Waals surface area contributed by atoms with E-state index in [0.29, 0.717) is 18.8 Å². The number of hydrogen-bond acceptors (Lipinski definition) is 5. The number of amides is 2. The summed E-state index contributed by atoms with van der Waals surface area (Å²) in [6.45, 7) is 1.59. The molecule has 0 spiro atoms. The average Bonchev–Trinajstić information content (AvgIpc) is 3.34. The largest absolute Gasteiger partial charge is 0.480 e. The summed E-state index contributed by atoms with van der Waals surface area (Å²) in [5.74, 6) is -1.45. The molecule has 184 valence electrons. The fraction of sp³-hybridized carbons (Fsp3) is 0.444. The van der Waals surface area contributed by atoms with Gasteiger partial charge in [0.1, 0.15) is 6.61 Å². The minimum Gasteiger partial charge on any atom is -0.480 e. The Balaban J connectivity index is 1.14. The summed E-state index contributed by atoms with van der Waals surface area (Å²) in [5, 5.41) is 24.2. The molecule has 1 unspecified atom stereocenters. The molecule has 2 aromatic carbocycles. The average molecular weight is 479 g/mol. The van der Waals surface area contributed by atoms with Gasteiger partial charge in [-0.05, 0) is 60.3 Å². The van der Waals surface area contributed by atoms with Gasteiger partial charge in [-0.3, -0.25) is 4.79 Å². The van der Waals surface area contributed by atoms with Gasteiger partial charge in [-0.2, -0.15) is 0 Å². The van der Waals surface area contributed by atoms with Gasteiger partial charge in [0.15, 0.2) is 6.04 Å². The van der Waals surface area contributed by atoms with Crippen LogP contribution in [0.2, 0.25) is 0 Å². The molecule has 0 heterocycles. The van der Waals surface area contributed by atoms with Crippen molar-refractivity contribution in [3.8, 4) is 11.1 Å². The zero-order valence-corrected chi connectivity index (χ0v) is 19.5. The number of carbonyl (C=O) groups is 3. The van der Waals surface area contributed by atoms with E-state index in [1.807, 2.05) is 24.3 Å². The van der Waals surface area contributed by atoms with Crippen LogP contribution in [0.4, 0.5) is 4.79 Å². The molecular formula is C27H30N2O6. The maximum atomic E-state index is 12.6. The molecule has 2 amide bonds. The van der Waals surface area contributed by atoms with Crippen LogP contribution in [0.25, 0.3) is 11.1 Å². The first-order valence-corrected chi connectivity index (χ1v) is 12.2. The summed E-state index contributed by atoms with van der Waals surface area (Å²) in [6.07, 6.45) is 0.376. The van der Waals surface area contributed by atoms with Crippen molar-refractivity contribution in [2.24, 2.45) is 17.8 Å². The highest BCUT2D eigenvalue weighted by Crippen LogP contribution is 2.50. The van der Waals surface area contributed by atoms with Crippen LogP contribution in [0.15, 0.2) is 48.5 Å². The van der Waals surface area contributed by atoms with Gasteiger partial charge < -0.3 is 25.6 Å². The first-order chi connectivity index (χ1) is 16.8. The predicted molar refractivity (Wildman–Crippen MR) is 128 cm³/mol. The fourth-order valence-electron chi connectivity index (χ4n) is 6.06. The van der Waals surface area contributed by atoms with Crippen LogP contribution < -0.4 is 10.6 Å². The molecule has 0 saturated heterocycles. The summed E-state index contributed by atoms with van der Waals surface area (Å²) >= 11 is 0. The van der Waals surface area contributed by atoms with Crippen molar-refractivity contribution in [1.29, 1.82) is 0 Å². The Morgan fingerprint density at radius 2 is 1.63 bits per heavy atom. The normalized spacial score (nSPS) is 25.9. The Morgan fingerprint density at radius 1 is 1.00 bits per heavy atom. The van der Waals surface area contributed by atoms with E-state index in [1.165, 1.54) is 18.1 Å². The third kappa shape index (κ3) is 4.38. The maximum absolute atomic E-state index is 12.6. The number of aliphatic hydroxyl groups is 1. The Hall–Kier alpha value is -3.39. The number of alkyl carbamates (subject to hydrolysis) is 1. The molecule has 2 aromatic rings. The lowest BCUT2D eigenvalue weighted by atomic mass is 9.71. The van der Waals surface area contributed by atoms with E-state index in [0.717, 1.165) is 17.5 Å². The van der Waals surface area contributed by atoms with Crippen molar-refractivity contribution in [3.05, 3.63) is 59.7 Å². The number of benzene rings is 2. The molecule has 2 fully saturated rings. The minimum atomic E-state index is -1.32. The van der Waals surface area contributed by atoms with E-state index in [4.69, 9.17) is 4.74 Å². The molecule has 0 bridgehead atoms. The smallest absolute Gasteiger partial charge is 0.407 e. The van der Waals surface area contributed by atoms with Gasteiger partial charge in [0, 0.05) is 17.9 Å². The fourth-order valence-corrected chi connectivity index (χ4v) is 6.06. The lowest BCUT2D eigenvalue weighted by molar-refractivity contribution is -0.145. The number of aliphatic carboxylic acids is 1. The second-order valence-corrected chi connectivity index (χ2v) is 9.97.